The van der Waals surface area contributed by atoms with Gasteiger partial charge in [0.1, 0.15) is 11.5 Å². The molecule has 16 heavy (non-hydrogen) atoms. The minimum Gasteiger partial charge on any atom is -0.497 e. The van der Waals surface area contributed by atoms with Crippen molar-refractivity contribution in [3.05, 3.63) is 18.2 Å². The highest BCUT2D eigenvalue weighted by molar-refractivity contribution is 7.99. The second-order valence-electron chi connectivity index (χ2n) is 3.23. The number of hydrogen-bond donors (Lipinski definition) is 1. The third-order valence-corrected chi connectivity index (χ3v) is 3.03. The molecule has 1 aromatic rings. The molecule has 0 aliphatic carbocycles. The van der Waals surface area contributed by atoms with Crippen molar-refractivity contribution in [2.45, 2.75) is 6.92 Å². The van der Waals surface area contributed by atoms with Gasteiger partial charge in [0.15, 0.2) is 0 Å². The van der Waals surface area contributed by atoms with Gasteiger partial charge >= 0.3 is 0 Å². The highest BCUT2D eigenvalue weighted by Crippen LogP contribution is 2.25. The molecule has 0 heterocycles. The van der Waals surface area contributed by atoms with E-state index in [1.165, 1.54) is 0 Å². The van der Waals surface area contributed by atoms with Crippen LogP contribution in [0.3, 0.4) is 0 Å². The quantitative estimate of drug-likeness (QED) is 0.744. The van der Waals surface area contributed by atoms with E-state index in [0.29, 0.717) is 0 Å². The Kier molecular flexibility index (Phi) is 5.93. The van der Waals surface area contributed by atoms with E-state index in [0.717, 1.165) is 35.2 Å². The Morgan fingerprint density at radius 3 is 2.25 bits per heavy atom. The molecule has 0 aliphatic rings. The average molecular weight is 241 g/mol. The molecule has 0 bridgehead atoms. The molecule has 0 aromatic heterocycles. The molecule has 1 N–H and O–H groups in total. The van der Waals surface area contributed by atoms with Gasteiger partial charge < -0.3 is 14.8 Å². The molecule has 90 valence electrons. The van der Waals surface area contributed by atoms with Crippen LogP contribution >= 0.6 is 11.8 Å². The summed E-state index contributed by atoms with van der Waals surface area (Å²) < 4.78 is 10.4. The summed E-state index contributed by atoms with van der Waals surface area (Å²) in [5.74, 6) is 3.88. The predicted molar refractivity (Wildman–Crippen MR) is 71.0 cm³/mol. The van der Waals surface area contributed by atoms with Gasteiger partial charge in [-0.05, 0) is 5.75 Å². The predicted octanol–water partition coefficient (Wildman–Crippen LogP) is 2.87. The number of anilines is 1. The summed E-state index contributed by atoms with van der Waals surface area (Å²) >= 11 is 1.92. The van der Waals surface area contributed by atoms with Gasteiger partial charge in [-0.25, -0.2) is 0 Å². The fraction of sp³-hybridized carbons (Fsp3) is 0.500. The average Bonchev–Trinajstić information content (AvgIpc) is 2.34. The summed E-state index contributed by atoms with van der Waals surface area (Å²) in [6.45, 7) is 3.12. The van der Waals surface area contributed by atoms with Crippen LogP contribution in [0.5, 0.6) is 11.5 Å². The monoisotopic (exact) mass is 241 g/mol. The first-order valence-electron chi connectivity index (χ1n) is 5.34. The molecule has 0 aliphatic heterocycles. The molecular weight excluding hydrogens is 222 g/mol. The first-order valence-corrected chi connectivity index (χ1v) is 6.50. The summed E-state index contributed by atoms with van der Waals surface area (Å²) in [7, 11) is 3.32. The van der Waals surface area contributed by atoms with Crippen LogP contribution in [-0.2, 0) is 0 Å². The molecule has 0 saturated heterocycles. The Morgan fingerprint density at radius 1 is 1.12 bits per heavy atom. The van der Waals surface area contributed by atoms with Crippen molar-refractivity contribution in [1.82, 2.24) is 0 Å². The van der Waals surface area contributed by atoms with E-state index in [9.17, 15) is 0 Å². The third kappa shape index (κ3) is 4.23. The van der Waals surface area contributed by atoms with Crippen LogP contribution in [0.15, 0.2) is 18.2 Å². The Morgan fingerprint density at radius 2 is 1.75 bits per heavy atom. The first kappa shape index (κ1) is 13.0. The Labute approximate surface area is 102 Å². The van der Waals surface area contributed by atoms with Gasteiger partial charge in [0.2, 0.25) is 0 Å². The molecule has 0 saturated carbocycles. The number of ether oxygens (including phenoxy) is 2. The maximum Gasteiger partial charge on any atom is 0.124 e. The molecule has 1 rings (SSSR count). The van der Waals surface area contributed by atoms with Gasteiger partial charge in [0.05, 0.1) is 14.2 Å². The normalized spacial score (nSPS) is 9.94. The van der Waals surface area contributed by atoms with Crippen LogP contribution in [0, 0.1) is 0 Å². The molecule has 0 atom stereocenters. The van der Waals surface area contributed by atoms with Crippen LogP contribution < -0.4 is 14.8 Å². The lowest BCUT2D eigenvalue weighted by Crippen LogP contribution is -2.04. The largest absolute Gasteiger partial charge is 0.497 e. The van der Waals surface area contributed by atoms with E-state index in [1.807, 2.05) is 30.0 Å². The fourth-order valence-corrected chi connectivity index (χ4v) is 1.86. The smallest absolute Gasteiger partial charge is 0.124 e. The number of methoxy groups -OCH3 is 2. The van der Waals surface area contributed by atoms with Crippen molar-refractivity contribution >= 4 is 17.4 Å². The minimum atomic E-state index is 0.810. The summed E-state index contributed by atoms with van der Waals surface area (Å²) in [5, 5.41) is 3.35. The van der Waals surface area contributed by atoms with E-state index in [2.05, 4.69) is 12.2 Å². The van der Waals surface area contributed by atoms with Gasteiger partial charge in [-0.15, -0.1) is 0 Å². The zero-order valence-corrected chi connectivity index (χ0v) is 10.9. The van der Waals surface area contributed by atoms with Crippen molar-refractivity contribution in [3.63, 3.8) is 0 Å². The minimum absolute atomic E-state index is 0.810. The molecule has 4 heteroatoms. The van der Waals surface area contributed by atoms with Gasteiger partial charge in [-0.2, -0.15) is 11.8 Å². The van der Waals surface area contributed by atoms with E-state index in [-0.39, 0.29) is 0 Å². The van der Waals surface area contributed by atoms with Crippen LogP contribution in [0.4, 0.5) is 5.69 Å². The first-order chi connectivity index (χ1) is 7.80. The molecule has 0 fully saturated rings. The number of thioether (sulfide) groups is 1. The van der Waals surface area contributed by atoms with Gasteiger partial charge in [-0.3, -0.25) is 0 Å². The maximum absolute atomic E-state index is 5.20. The summed E-state index contributed by atoms with van der Waals surface area (Å²) in [6.07, 6.45) is 0. The number of rotatable bonds is 7. The van der Waals surface area contributed by atoms with Gasteiger partial charge in [0.25, 0.3) is 0 Å². The van der Waals surface area contributed by atoms with Crippen molar-refractivity contribution in [2.24, 2.45) is 0 Å². The van der Waals surface area contributed by atoms with Crippen LogP contribution in [0.25, 0.3) is 0 Å². The zero-order chi connectivity index (χ0) is 11.8. The van der Waals surface area contributed by atoms with E-state index >= 15 is 0 Å². The highest BCUT2D eigenvalue weighted by Gasteiger charge is 2.00. The van der Waals surface area contributed by atoms with Crippen LogP contribution in [-0.4, -0.2) is 32.3 Å². The molecular formula is C12H19NO2S. The Hall–Kier alpha value is -1.03. The number of benzene rings is 1. The van der Waals surface area contributed by atoms with Crippen molar-refractivity contribution < 1.29 is 9.47 Å². The van der Waals surface area contributed by atoms with Crippen LogP contribution in [0.1, 0.15) is 6.92 Å². The second kappa shape index (κ2) is 7.28. The lowest BCUT2D eigenvalue weighted by molar-refractivity contribution is 0.394. The third-order valence-electron chi connectivity index (χ3n) is 2.13. The standard InChI is InChI=1S/C12H19NO2S/c1-4-16-6-5-13-10-7-11(14-2)9-12(8-10)15-3/h7-9,13H,4-6H2,1-3H3. The summed E-state index contributed by atoms with van der Waals surface area (Å²) in [4.78, 5) is 0. The molecule has 1 aromatic carbocycles. The Bertz CT molecular complexity index is 296. The summed E-state index contributed by atoms with van der Waals surface area (Å²) in [6, 6.07) is 5.81. The lowest BCUT2D eigenvalue weighted by Gasteiger charge is -2.10. The van der Waals surface area contributed by atoms with Crippen molar-refractivity contribution in [3.8, 4) is 11.5 Å². The molecule has 0 radical (unpaired) electrons. The maximum atomic E-state index is 5.20. The number of hydrogen-bond acceptors (Lipinski definition) is 4. The van der Waals surface area contributed by atoms with E-state index < -0.39 is 0 Å². The SMILES string of the molecule is CCSCCNc1cc(OC)cc(OC)c1. The number of nitrogens with one attached hydrogen (secondary N) is 1. The molecule has 3 nitrogen and oxygen atoms in total. The van der Waals surface area contributed by atoms with E-state index in [1.54, 1.807) is 14.2 Å². The van der Waals surface area contributed by atoms with Gasteiger partial charge in [0, 0.05) is 36.2 Å². The van der Waals surface area contributed by atoms with E-state index in [4.69, 9.17) is 9.47 Å². The van der Waals surface area contributed by atoms with Crippen molar-refractivity contribution in [2.75, 3.05) is 37.6 Å². The van der Waals surface area contributed by atoms with Crippen LogP contribution in [0.2, 0.25) is 0 Å². The molecule has 0 spiro atoms. The Balaban J connectivity index is 2.57. The summed E-state index contributed by atoms with van der Waals surface area (Å²) in [5.41, 5.74) is 1.04. The fourth-order valence-electron chi connectivity index (χ4n) is 1.32. The lowest BCUT2D eigenvalue weighted by atomic mass is 10.3. The van der Waals surface area contributed by atoms with Crippen molar-refractivity contribution in [1.29, 1.82) is 0 Å². The topological polar surface area (TPSA) is 30.5 Å². The second-order valence-corrected chi connectivity index (χ2v) is 4.62. The van der Waals surface area contributed by atoms with Gasteiger partial charge in [-0.1, -0.05) is 6.92 Å². The molecule has 0 unspecified atom stereocenters. The highest BCUT2D eigenvalue weighted by atomic mass is 32.2. The zero-order valence-electron chi connectivity index (χ0n) is 10.1. The molecule has 0 amide bonds.